The standard InChI is InChI=1S/C20H18ClFN4O/c21-15-3-1-14(2-4-15)18-13-19(24-23-18)20(27)26-11-9-25(10-12-26)17-7-5-16(22)6-8-17/h1-8,13H,9-12H2,(H,23,24). The predicted octanol–water partition coefficient (Wildman–Crippen LogP) is 3.83. The molecule has 1 N–H and O–H groups in total. The fraction of sp³-hybridized carbons (Fsp3) is 0.200. The molecule has 0 radical (unpaired) electrons. The molecular weight excluding hydrogens is 367 g/mol. The molecule has 0 saturated carbocycles. The highest BCUT2D eigenvalue weighted by atomic mass is 35.5. The highest BCUT2D eigenvalue weighted by molar-refractivity contribution is 6.30. The number of carbonyl (C=O) groups is 1. The van der Waals surface area contributed by atoms with Gasteiger partial charge in [0.25, 0.3) is 5.91 Å². The molecule has 0 unspecified atom stereocenters. The molecule has 5 nitrogen and oxygen atoms in total. The number of aromatic amines is 1. The Kier molecular flexibility index (Phi) is 4.81. The summed E-state index contributed by atoms with van der Waals surface area (Å²) in [5, 5.41) is 7.73. The molecule has 3 aromatic rings. The van der Waals surface area contributed by atoms with E-state index in [9.17, 15) is 9.18 Å². The number of rotatable bonds is 3. The molecule has 1 aliphatic heterocycles. The van der Waals surface area contributed by atoms with E-state index in [-0.39, 0.29) is 11.7 Å². The van der Waals surface area contributed by atoms with E-state index < -0.39 is 0 Å². The SMILES string of the molecule is O=C(c1cc(-c2ccc(Cl)cc2)n[nH]1)N1CCN(c2ccc(F)cc2)CC1. The number of hydrogen-bond acceptors (Lipinski definition) is 3. The minimum Gasteiger partial charge on any atom is -0.368 e. The Hall–Kier alpha value is -2.86. The Balaban J connectivity index is 1.41. The van der Waals surface area contributed by atoms with E-state index >= 15 is 0 Å². The van der Waals surface area contributed by atoms with E-state index in [4.69, 9.17) is 11.6 Å². The number of nitrogens with one attached hydrogen (secondary N) is 1. The van der Waals surface area contributed by atoms with Crippen LogP contribution in [-0.2, 0) is 0 Å². The average molecular weight is 385 g/mol. The van der Waals surface area contributed by atoms with Gasteiger partial charge in [0.2, 0.25) is 0 Å². The van der Waals surface area contributed by atoms with Gasteiger partial charge in [0.15, 0.2) is 0 Å². The lowest BCUT2D eigenvalue weighted by Gasteiger charge is -2.35. The third-order valence-corrected chi connectivity index (χ3v) is 4.96. The topological polar surface area (TPSA) is 52.2 Å². The van der Waals surface area contributed by atoms with Crippen molar-refractivity contribution in [3.05, 3.63) is 71.1 Å². The molecule has 2 aromatic carbocycles. The van der Waals surface area contributed by atoms with E-state index in [2.05, 4.69) is 15.1 Å². The molecule has 0 aliphatic carbocycles. The van der Waals surface area contributed by atoms with Gasteiger partial charge >= 0.3 is 0 Å². The first kappa shape index (κ1) is 17.5. The number of nitrogens with zero attached hydrogens (tertiary/aromatic N) is 3. The number of aromatic nitrogens is 2. The lowest BCUT2D eigenvalue weighted by atomic mass is 10.1. The van der Waals surface area contributed by atoms with E-state index in [1.165, 1.54) is 12.1 Å². The third kappa shape index (κ3) is 3.80. The smallest absolute Gasteiger partial charge is 0.272 e. The first-order chi connectivity index (χ1) is 13.1. The van der Waals surface area contributed by atoms with E-state index in [1.54, 1.807) is 35.2 Å². The van der Waals surface area contributed by atoms with Crippen molar-refractivity contribution in [3.8, 4) is 11.3 Å². The molecular formula is C20H18ClFN4O. The number of halogens is 2. The minimum atomic E-state index is -0.247. The Morgan fingerprint density at radius 2 is 1.67 bits per heavy atom. The lowest BCUT2D eigenvalue weighted by Crippen LogP contribution is -2.48. The van der Waals surface area contributed by atoms with Gasteiger partial charge in [0.05, 0.1) is 5.69 Å². The van der Waals surface area contributed by atoms with Crippen LogP contribution in [0.15, 0.2) is 54.6 Å². The highest BCUT2D eigenvalue weighted by Gasteiger charge is 2.23. The Morgan fingerprint density at radius 3 is 2.33 bits per heavy atom. The first-order valence-corrected chi connectivity index (χ1v) is 9.09. The lowest BCUT2D eigenvalue weighted by molar-refractivity contribution is 0.0741. The van der Waals surface area contributed by atoms with E-state index in [1.807, 2.05) is 12.1 Å². The van der Waals surface area contributed by atoms with Crippen LogP contribution in [0.25, 0.3) is 11.3 Å². The maximum atomic E-state index is 13.1. The summed E-state index contributed by atoms with van der Waals surface area (Å²) in [5.41, 5.74) is 3.04. The van der Waals surface area contributed by atoms with Crippen molar-refractivity contribution in [3.63, 3.8) is 0 Å². The number of hydrogen-bond donors (Lipinski definition) is 1. The second-order valence-electron chi connectivity index (χ2n) is 6.43. The molecule has 1 aromatic heterocycles. The number of carbonyl (C=O) groups excluding carboxylic acids is 1. The number of H-pyrrole nitrogens is 1. The summed E-state index contributed by atoms with van der Waals surface area (Å²) in [4.78, 5) is 16.7. The monoisotopic (exact) mass is 384 g/mol. The van der Waals surface area contributed by atoms with Crippen molar-refractivity contribution in [2.24, 2.45) is 0 Å². The zero-order valence-electron chi connectivity index (χ0n) is 14.5. The van der Waals surface area contributed by atoms with Gasteiger partial charge < -0.3 is 9.80 Å². The molecule has 7 heteroatoms. The van der Waals surface area contributed by atoms with Crippen LogP contribution in [-0.4, -0.2) is 47.2 Å². The van der Waals surface area contributed by atoms with Crippen molar-refractivity contribution in [2.75, 3.05) is 31.1 Å². The second kappa shape index (κ2) is 7.40. The molecule has 0 atom stereocenters. The molecule has 1 aliphatic rings. The van der Waals surface area contributed by atoms with Gasteiger partial charge in [-0.15, -0.1) is 0 Å². The van der Waals surface area contributed by atoms with Crippen LogP contribution < -0.4 is 4.90 Å². The normalized spacial score (nSPS) is 14.4. The fourth-order valence-corrected chi connectivity index (χ4v) is 3.32. The summed E-state index contributed by atoms with van der Waals surface area (Å²) >= 11 is 5.91. The van der Waals surface area contributed by atoms with E-state index in [0.717, 1.165) is 11.3 Å². The number of piperazine rings is 1. The van der Waals surface area contributed by atoms with Crippen molar-refractivity contribution >= 4 is 23.2 Å². The number of amides is 1. The van der Waals surface area contributed by atoms with Gasteiger partial charge in [-0.2, -0.15) is 5.10 Å². The molecule has 27 heavy (non-hydrogen) atoms. The second-order valence-corrected chi connectivity index (χ2v) is 6.87. The molecule has 0 bridgehead atoms. The minimum absolute atomic E-state index is 0.0681. The van der Waals surface area contributed by atoms with Gasteiger partial charge in [-0.3, -0.25) is 9.89 Å². The number of anilines is 1. The molecule has 1 saturated heterocycles. The zero-order valence-corrected chi connectivity index (χ0v) is 15.3. The molecule has 138 valence electrons. The van der Waals surface area contributed by atoms with Gasteiger partial charge in [0.1, 0.15) is 11.5 Å². The molecule has 0 spiro atoms. The maximum Gasteiger partial charge on any atom is 0.272 e. The van der Waals surface area contributed by atoms with Crippen LogP contribution in [0.2, 0.25) is 5.02 Å². The molecule has 4 rings (SSSR count). The Labute approximate surface area is 161 Å². The zero-order chi connectivity index (χ0) is 18.8. The van der Waals surface area contributed by atoms with Crippen LogP contribution in [0.3, 0.4) is 0 Å². The Morgan fingerprint density at radius 1 is 1.00 bits per heavy atom. The van der Waals surface area contributed by atoms with Gasteiger partial charge in [-0.25, -0.2) is 4.39 Å². The van der Waals surface area contributed by atoms with Crippen LogP contribution in [0.5, 0.6) is 0 Å². The highest BCUT2D eigenvalue weighted by Crippen LogP contribution is 2.22. The van der Waals surface area contributed by atoms with E-state index in [0.29, 0.717) is 42.6 Å². The van der Waals surface area contributed by atoms with Crippen molar-refractivity contribution < 1.29 is 9.18 Å². The summed E-state index contributed by atoms with van der Waals surface area (Å²) in [6, 6.07) is 15.5. The van der Waals surface area contributed by atoms with Gasteiger partial charge in [-0.1, -0.05) is 23.7 Å². The van der Waals surface area contributed by atoms with Crippen LogP contribution in [0.1, 0.15) is 10.5 Å². The van der Waals surface area contributed by atoms with Crippen LogP contribution in [0.4, 0.5) is 10.1 Å². The summed E-state index contributed by atoms with van der Waals surface area (Å²) in [6.45, 7) is 2.61. The summed E-state index contributed by atoms with van der Waals surface area (Å²) < 4.78 is 13.1. The summed E-state index contributed by atoms with van der Waals surface area (Å²) in [5.74, 6) is -0.315. The maximum absolute atomic E-state index is 13.1. The quantitative estimate of drug-likeness (QED) is 0.746. The van der Waals surface area contributed by atoms with Gasteiger partial charge in [-0.05, 0) is 42.5 Å². The average Bonchev–Trinajstić information content (AvgIpc) is 3.19. The van der Waals surface area contributed by atoms with Crippen molar-refractivity contribution in [2.45, 2.75) is 0 Å². The molecule has 2 heterocycles. The Bertz CT molecular complexity index is 931. The summed E-state index contributed by atoms with van der Waals surface area (Å²) in [7, 11) is 0. The molecule has 1 amide bonds. The predicted molar refractivity (Wildman–Crippen MR) is 104 cm³/mol. The largest absolute Gasteiger partial charge is 0.368 e. The van der Waals surface area contributed by atoms with Crippen LogP contribution >= 0.6 is 11.6 Å². The fourth-order valence-electron chi connectivity index (χ4n) is 3.19. The summed E-state index contributed by atoms with van der Waals surface area (Å²) in [6.07, 6.45) is 0. The molecule has 1 fully saturated rings. The van der Waals surface area contributed by atoms with Gasteiger partial charge in [0, 0.05) is 42.5 Å². The van der Waals surface area contributed by atoms with Crippen molar-refractivity contribution in [1.82, 2.24) is 15.1 Å². The number of benzene rings is 2. The first-order valence-electron chi connectivity index (χ1n) is 8.71. The van der Waals surface area contributed by atoms with Crippen molar-refractivity contribution in [1.29, 1.82) is 0 Å². The van der Waals surface area contributed by atoms with Crippen LogP contribution in [0, 0.1) is 5.82 Å². The third-order valence-electron chi connectivity index (χ3n) is 4.71.